The summed E-state index contributed by atoms with van der Waals surface area (Å²) in [6.45, 7) is 0.602. The number of benzene rings is 2. The fourth-order valence-electron chi connectivity index (χ4n) is 2.28. The zero-order valence-electron chi connectivity index (χ0n) is 11.4. The Labute approximate surface area is 130 Å². The molecule has 106 valence electrons. The molecule has 3 rings (SSSR count). The van der Waals surface area contributed by atoms with Crippen molar-refractivity contribution in [1.82, 2.24) is 9.78 Å². The molecule has 2 aromatic carbocycles. The molecule has 0 saturated carbocycles. The van der Waals surface area contributed by atoms with E-state index >= 15 is 0 Å². The molecular weight excluding hydrogens is 332 g/mol. The molecule has 0 aliphatic heterocycles. The van der Waals surface area contributed by atoms with Gasteiger partial charge in [0.1, 0.15) is 11.4 Å². The van der Waals surface area contributed by atoms with E-state index in [2.05, 4.69) is 21.0 Å². The Hall–Kier alpha value is -2.14. The van der Waals surface area contributed by atoms with E-state index in [-0.39, 0.29) is 0 Å². The molecule has 0 N–H and O–H groups in total. The first-order valence-corrected chi connectivity index (χ1v) is 7.25. The van der Waals surface area contributed by atoms with E-state index in [1.54, 1.807) is 7.11 Å². The van der Waals surface area contributed by atoms with Crippen molar-refractivity contribution in [3.63, 3.8) is 0 Å². The van der Waals surface area contributed by atoms with E-state index in [0.717, 1.165) is 33.0 Å². The van der Waals surface area contributed by atoms with Crippen LogP contribution in [0.4, 0.5) is 0 Å². The van der Waals surface area contributed by atoms with Crippen molar-refractivity contribution in [3.8, 4) is 5.75 Å². The lowest BCUT2D eigenvalue weighted by molar-refractivity contribution is 0.111. The summed E-state index contributed by atoms with van der Waals surface area (Å²) in [6, 6.07) is 13.6. The van der Waals surface area contributed by atoms with Gasteiger partial charge in [0.15, 0.2) is 6.29 Å². The Bertz CT molecular complexity index is 794. The highest BCUT2D eigenvalue weighted by Crippen LogP contribution is 2.23. The minimum atomic E-state index is 0.464. The van der Waals surface area contributed by atoms with Crippen LogP contribution in [0.25, 0.3) is 10.9 Å². The monoisotopic (exact) mass is 344 g/mol. The van der Waals surface area contributed by atoms with Crippen LogP contribution in [0.1, 0.15) is 16.1 Å². The molecule has 0 atom stereocenters. The van der Waals surface area contributed by atoms with Gasteiger partial charge >= 0.3 is 0 Å². The van der Waals surface area contributed by atoms with Crippen molar-refractivity contribution >= 4 is 33.1 Å². The van der Waals surface area contributed by atoms with E-state index in [9.17, 15) is 4.79 Å². The molecule has 3 aromatic rings. The second kappa shape index (κ2) is 5.69. The maximum Gasteiger partial charge on any atom is 0.170 e. The van der Waals surface area contributed by atoms with E-state index in [0.29, 0.717) is 12.2 Å². The largest absolute Gasteiger partial charge is 0.497 e. The van der Waals surface area contributed by atoms with Crippen molar-refractivity contribution in [2.75, 3.05) is 7.11 Å². The molecule has 1 heterocycles. The summed E-state index contributed by atoms with van der Waals surface area (Å²) in [5.74, 6) is 0.820. The van der Waals surface area contributed by atoms with Crippen LogP contribution in [0.2, 0.25) is 0 Å². The molecule has 4 nitrogen and oxygen atoms in total. The van der Waals surface area contributed by atoms with Gasteiger partial charge in [-0.1, -0.05) is 28.1 Å². The number of nitrogens with zero attached hydrogens (tertiary/aromatic N) is 2. The zero-order chi connectivity index (χ0) is 14.8. The average Bonchev–Trinajstić information content (AvgIpc) is 2.85. The smallest absolute Gasteiger partial charge is 0.170 e. The minimum Gasteiger partial charge on any atom is -0.497 e. The fourth-order valence-corrected chi connectivity index (χ4v) is 2.63. The third kappa shape index (κ3) is 2.69. The molecule has 0 radical (unpaired) electrons. The highest BCUT2D eigenvalue weighted by atomic mass is 79.9. The van der Waals surface area contributed by atoms with Gasteiger partial charge in [0.2, 0.25) is 0 Å². The second-order valence-corrected chi connectivity index (χ2v) is 5.59. The Morgan fingerprint density at radius 2 is 2.00 bits per heavy atom. The van der Waals surface area contributed by atoms with E-state index in [4.69, 9.17) is 4.74 Å². The van der Waals surface area contributed by atoms with Crippen LogP contribution >= 0.6 is 15.9 Å². The van der Waals surface area contributed by atoms with Gasteiger partial charge in [-0.2, -0.15) is 5.10 Å². The summed E-state index contributed by atoms with van der Waals surface area (Å²) in [6.07, 6.45) is 0.792. The fraction of sp³-hybridized carbons (Fsp3) is 0.125. The topological polar surface area (TPSA) is 44.1 Å². The number of hydrogen-bond donors (Lipinski definition) is 0. The SMILES string of the molecule is COc1ccc(Cn2nc(C=O)c3ccc(Br)cc32)cc1. The van der Waals surface area contributed by atoms with Gasteiger partial charge < -0.3 is 4.74 Å². The first-order valence-electron chi connectivity index (χ1n) is 6.45. The lowest BCUT2D eigenvalue weighted by Gasteiger charge is -2.05. The Morgan fingerprint density at radius 3 is 2.67 bits per heavy atom. The number of carbonyl (C=O) groups is 1. The van der Waals surface area contributed by atoms with Crippen LogP contribution in [0.3, 0.4) is 0 Å². The predicted molar refractivity (Wildman–Crippen MR) is 84.9 cm³/mol. The third-order valence-electron chi connectivity index (χ3n) is 3.35. The van der Waals surface area contributed by atoms with Gasteiger partial charge in [-0.05, 0) is 35.9 Å². The number of fused-ring (bicyclic) bond motifs is 1. The summed E-state index contributed by atoms with van der Waals surface area (Å²) >= 11 is 3.46. The summed E-state index contributed by atoms with van der Waals surface area (Å²) in [5.41, 5.74) is 2.49. The number of methoxy groups -OCH3 is 1. The van der Waals surface area contributed by atoms with Gasteiger partial charge in [-0.15, -0.1) is 0 Å². The summed E-state index contributed by atoms with van der Waals surface area (Å²) < 4.78 is 7.95. The molecule has 0 unspecified atom stereocenters. The van der Waals surface area contributed by atoms with Gasteiger partial charge in [0.25, 0.3) is 0 Å². The minimum absolute atomic E-state index is 0.464. The number of aldehydes is 1. The molecular formula is C16H13BrN2O2. The van der Waals surface area contributed by atoms with Crippen LogP contribution in [-0.4, -0.2) is 23.2 Å². The van der Waals surface area contributed by atoms with Crippen LogP contribution in [-0.2, 0) is 6.54 Å². The molecule has 0 aliphatic rings. The van der Waals surface area contributed by atoms with Gasteiger partial charge in [-0.3, -0.25) is 9.48 Å². The molecule has 0 bridgehead atoms. The zero-order valence-corrected chi connectivity index (χ0v) is 13.0. The molecule has 0 spiro atoms. The van der Waals surface area contributed by atoms with Crippen molar-refractivity contribution in [1.29, 1.82) is 0 Å². The van der Waals surface area contributed by atoms with Crippen molar-refractivity contribution < 1.29 is 9.53 Å². The van der Waals surface area contributed by atoms with E-state index in [1.807, 2.05) is 47.1 Å². The normalized spacial score (nSPS) is 10.8. The number of hydrogen-bond acceptors (Lipinski definition) is 3. The predicted octanol–water partition coefficient (Wildman–Crippen LogP) is 3.67. The number of aromatic nitrogens is 2. The lowest BCUT2D eigenvalue weighted by atomic mass is 10.2. The molecule has 0 amide bonds. The molecule has 0 aliphatic carbocycles. The Morgan fingerprint density at radius 1 is 1.24 bits per heavy atom. The van der Waals surface area contributed by atoms with Gasteiger partial charge in [0, 0.05) is 9.86 Å². The molecule has 5 heteroatoms. The number of ether oxygens (including phenoxy) is 1. The highest BCUT2D eigenvalue weighted by molar-refractivity contribution is 9.10. The standard InChI is InChI=1S/C16H13BrN2O2/c1-21-13-5-2-11(3-6-13)9-19-16-8-12(17)4-7-14(16)15(10-20)18-19/h2-8,10H,9H2,1H3. The number of rotatable bonds is 4. The van der Waals surface area contributed by atoms with Crippen molar-refractivity contribution in [2.45, 2.75) is 6.54 Å². The van der Waals surface area contributed by atoms with E-state index in [1.165, 1.54) is 0 Å². The van der Waals surface area contributed by atoms with Gasteiger partial charge in [-0.25, -0.2) is 0 Å². The van der Waals surface area contributed by atoms with Gasteiger partial charge in [0.05, 0.1) is 19.2 Å². The first kappa shape index (κ1) is 13.8. The highest BCUT2D eigenvalue weighted by Gasteiger charge is 2.10. The molecule has 0 fully saturated rings. The van der Waals surface area contributed by atoms with Crippen molar-refractivity contribution in [2.24, 2.45) is 0 Å². The quantitative estimate of drug-likeness (QED) is 0.678. The number of halogens is 1. The maximum absolute atomic E-state index is 11.2. The Balaban J connectivity index is 2.02. The Kier molecular flexibility index (Phi) is 3.75. The average molecular weight is 345 g/mol. The maximum atomic E-state index is 11.2. The summed E-state index contributed by atoms with van der Waals surface area (Å²) in [4.78, 5) is 11.2. The molecule has 0 saturated heterocycles. The third-order valence-corrected chi connectivity index (χ3v) is 3.84. The summed E-state index contributed by atoms with van der Waals surface area (Å²) in [7, 11) is 1.64. The number of carbonyl (C=O) groups excluding carboxylic acids is 1. The summed E-state index contributed by atoms with van der Waals surface area (Å²) in [5, 5.41) is 5.25. The van der Waals surface area contributed by atoms with Crippen LogP contribution in [0.5, 0.6) is 5.75 Å². The van der Waals surface area contributed by atoms with Crippen LogP contribution in [0, 0.1) is 0 Å². The lowest BCUT2D eigenvalue weighted by Crippen LogP contribution is -2.02. The van der Waals surface area contributed by atoms with Crippen LogP contribution in [0.15, 0.2) is 46.9 Å². The van der Waals surface area contributed by atoms with Crippen molar-refractivity contribution in [3.05, 3.63) is 58.2 Å². The van der Waals surface area contributed by atoms with E-state index < -0.39 is 0 Å². The first-order chi connectivity index (χ1) is 10.2. The second-order valence-electron chi connectivity index (χ2n) is 4.67. The molecule has 21 heavy (non-hydrogen) atoms. The van der Waals surface area contributed by atoms with Crippen LogP contribution < -0.4 is 4.74 Å². The molecule has 1 aromatic heterocycles.